The molecule has 82 valence electrons. The van der Waals surface area contributed by atoms with Crippen molar-refractivity contribution in [2.24, 2.45) is 0 Å². The van der Waals surface area contributed by atoms with E-state index in [4.69, 9.17) is 10.2 Å². The van der Waals surface area contributed by atoms with Gasteiger partial charge in [-0.15, -0.1) is 11.3 Å². The SMILES string of the molecule is O=C(O)Cc1sc(CC(=O)O)c(O)c1O. The molecule has 1 heterocycles. The molecular formula is C8H8O6S. The van der Waals surface area contributed by atoms with Crippen LogP contribution in [0.25, 0.3) is 0 Å². The van der Waals surface area contributed by atoms with Crippen molar-refractivity contribution in [2.45, 2.75) is 12.8 Å². The van der Waals surface area contributed by atoms with Crippen LogP contribution in [0.15, 0.2) is 0 Å². The Kier molecular flexibility index (Phi) is 3.15. The molecule has 1 aromatic heterocycles. The van der Waals surface area contributed by atoms with Gasteiger partial charge in [0, 0.05) is 0 Å². The van der Waals surface area contributed by atoms with Gasteiger partial charge in [0.25, 0.3) is 0 Å². The van der Waals surface area contributed by atoms with E-state index in [1.807, 2.05) is 0 Å². The first-order chi connectivity index (χ1) is 6.91. The van der Waals surface area contributed by atoms with Crippen molar-refractivity contribution < 1.29 is 30.0 Å². The first-order valence-electron chi connectivity index (χ1n) is 3.88. The minimum Gasteiger partial charge on any atom is -0.503 e. The Bertz CT molecular complexity index is 371. The molecule has 0 bridgehead atoms. The van der Waals surface area contributed by atoms with Gasteiger partial charge in [-0.25, -0.2) is 0 Å². The van der Waals surface area contributed by atoms with Gasteiger partial charge in [0.1, 0.15) is 0 Å². The first-order valence-corrected chi connectivity index (χ1v) is 4.69. The number of rotatable bonds is 4. The Labute approximate surface area is 88.0 Å². The summed E-state index contributed by atoms with van der Waals surface area (Å²) in [6.45, 7) is 0. The smallest absolute Gasteiger partial charge is 0.308 e. The Morgan fingerprint density at radius 2 is 1.27 bits per heavy atom. The van der Waals surface area contributed by atoms with Crippen molar-refractivity contribution in [1.29, 1.82) is 0 Å². The van der Waals surface area contributed by atoms with E-state index in [1.165, 1.54) is 0 Å². The monoisotopic (exact) mass is 232 g/mol. The molecular weight excluding hydrogens is 224 g/mol. The maximum absolute atomic E-state index is 10.4. The molecule has 0 aromatic carbocycles. The molecule has 15 heavy (non-hydrogen) atoms. The van der Waals surface area contributed by atoms with Crippen LogP contribution >= 0.6 is 11.3 Å². The molecule has 0 fully saturated rings. The van der Waals surface area contributed by atoms with E-state index in [0.29, 0.717) is 0 Å². The third-order valence-electron chi connectivity index (χ3n) is 1.62. The summed E-state index contributed by atoms with van der Waals surface area (Å²) in [6.07, 6.45) is -0.882. The van der Waals surface area contributed by atoms with E-state index in [1.54, 1.807) is 0 Å². The number of carboxylic acids is 2. The molecule has 6 nitrogen and oxygen atoms in total. The fourth-order valence-corrected chi connectivity index (χ4v) is 2.10. The maximum Gasteiger partial charge on any atom is 0.308 e. The van der Waals surface area contributed by atoms with E-state index in [9.17, 15) is 19.8 Å². The van der Waals surface area contributed by atoms with Crippen LogP contribution in [0, 0.1) is 0 Å². The van der Waals surface area contributed by atoms with Gasteiger partial charge in [-0.3, -0.25) is 9.59 Å². The van der Waals surface area contributed by atoms with E-state index in [2.05, 4.69) is 0 Å². The summed E-state index contributed by atoms with van der Waals surface area (Å²) >= 11 is 0.781. The number of hydrogen-bond donors (Lipinski definition) is 4. The summed E-state index contributed by atoms with van der Waals surface area (Å²) in [5.41, 5.74) is 0. The molecule has 0 aliphatic heterocycles. The first kappa shape index (κ1) is 11.3. The van der Waals surface area contributed by atoms with Crippen LogP contribution in [0.5, 0.6) is 11.5 Å². The number of carbonyl (C=O) groups is 2. The molecule has 0 saturated carbocycles. The highest BCUT2D eigenvalue weighted by molar-refractivity contribution is 7.13. The van der Waals surface area contributed by atoms with Gasteiger partial charge in [-0.05, 0) is 0 Å². The maximum atomic E-state index is 10.4. The predicted octanol–water partition coefficient (Wildman–Crippen LogP) is 0.414. The van der Waals surface area contributed by atoms with Gasteiger partial charge < -0.3 is 20.4 Å². The van der Waals surface area contributed by atoms with E-state index in [-0.39, 0.29) is 9.75 Å². The van der Waals surface area contributed by atoms with Crippen molar-refractivity contribution in [3.8, 4) is 11.5 Å². The minimum absolute atomic E-state index is 0.0521. The lowest BCUT2D eigenvalue weighted by atomic mass is 10.2. The highest BCUT2D eigenvalue weighted by Crippen LogP contribution is 2.40. The number of carboxylic acid groups (broad SMARTS) is 2. The van der Waals surface area contributed by atoms with Crippen LogP contribution in [0.1, 0.15) is 9.75 Å². The molecule has 0 atom stereocenters. The third kappa shape index (κ3) is 2.59. The second-order valence-corrected chi connectivity index (χ2v) is 3.98. The molecule has 0 unspecified atom stereocenters. The zero-order valence-electron chi connectivity index (χ0n) is 7.43. The van der Waals surface area contributed by atoms with Crippen molar-refractivity contribution in [1.82, 2.24) is 0 Å². The number of thiophene rings is 1. The second kappa shape index (κ2) is 4.18. The standard InChI is InChI=1S/C8H8O6S/c9-5(10)1-3-7(13)8(14)4(15-3)2-6(11)12/h13-14H,1-2H2,(H,9,10)(H,11,12). The fourth-order valence-electron chi connectivity index (χ4n) is 1.02. The summed E-state index contributed by atoms with van der Waals surface area (Å²) in [6, 6.07) is 0. The van der Waals surface area contributed by atoms with E-state index in [0.717, 1.165) is 11.3 Å². The lowest BCUT2D eigenvalue weighted by Crippen LogP contribution is -1.98. The van der Waals surface area contributed by atoms with Crippen LogP contribution < -0.4 is 0 Å². The van der Waals surface area contributed by atoms with Gasteiger partial charge in [0.05, 0.1) is 22.6 Å². The van der Waals surface area contributed by atoms with Gasteiger partial charge in [0.15, 0.2) is 11.5 Å². The summed E-state index contributed by atoms with van der Waals surface area (Å²) in [4.78, 5) is 20.8. The topological polar surface area (TPSA) is 115 Å². The van der Waals surface area contributed by atoms with E-state index < -0.39 is 36.3 Å². The average Bonchev–Trinajstić information content (AvgIpc) is 2.32. The molecule has 1 aromatic rings. The third-order valence-corrected chi connectivity index (χ3v) is 2.79. The normalized spacial score (nSPS) is 10.1. The van der Waals surface area contributed by atoms with Crippen LogP contribution in [-0.2, 0) is 22.4 Å². The van der Waals surface area contributed by atoms with Crippen molar-refractivity contribution >= 4 is 23.3 Å². The average molecular weight is 232 g/mol. The highest BCUT2D eigenvalue weighted by Gasteiger charge is 2.20. The second-order valence-electron chi connectivity index (χ2n) is 2.79. The quantitative estimate of drug-likeness (QED) is 0.597. The lowest BCUT2D eigenvalue weighted by molar-refractivity contribution is -0.137. The summed E-state index contributed by atoms with van der Waals surface area (Å²) < 4.78 is 0. The minimum atomic E-state index is -1.16. The molecule has 0 aliphatic carbocycles. The molecule has 0 amide bonds. The molecule has 0 saturated heterocycles. The number of aromatic hydroxyl groups is 2. The van der Waals surface area contributed by atoms with Gasteiger partial charge in [-0.1, -0.05) is 0 Å². The van der Waals surface area contributed by atoms with Crippen molar-refractivity contribution in [3.05, 3.63) is 9.75 Å². The fraction of sp³-hybridized carbons (Fsp3) is 0.250. The molecule has 0 spiro atoms. The molecule has 0 aliphatic rings. The summed E-state index contributed by atoms with van der Waals surface area (Å²) in [5.74, 6) is -3.40. The van der Waals surface area contributed by atoms with Gasteiger partial charge in [-0.2, -0.15) is 0 Å². The predicted molar refractivity (Wildman–Crippen MR) is 50.3 cm³/mol. The van der Waals surface area contributed by atoms with Crippen molar-refractivity contribution in [3.63, 3.8) is 0 Å². The largest absolute Gasteiger partial charge is 0.503 e. The molecule has 7 heteroatoms. The zero-order valence-corrected chi connectivity index (χ0v) is 8.24. The van der Waals surface area contributed by atoms with Gasteiger partial charge in [0.2, 0.25) is 0 Å². The molecule has 0 radical (unpaired) electrons. The van der Waals surface area contributed by atoms with Crippen LogP contribution in [0.3, 0.4) is 0 Å². The number of aliphatic carboxylic acids is 2. The van der Waals surface area contributed by atoms with Crippen molar-refractivity contribution in [2.75, 3.05) is 0 Å². The van der Waals surface area contributed by atoms with E-state index >= 15 is 0 Å². The summed E-state index contributed by atoms with van der Waals surface area (Å²) in [5, 5.41) is 35.5. The number of hydrogen-bond acceptors (Lipinski definition) is 5. The zero-order chi connectivity index (χ0) is 11.6. The van der Waals surface area contributed by atoms with Crippen LogP contribution in [-0.4, -0.2) is 32.4 Å². The lowest BCUT2D eigenvalue weighted by Gasteiger charge is -1.92. The van der Waals surface area contributed by atoms with Crippen LogP contribution in [0.2, 0.25) is 0 Å². The molecule has 4 N–H and O–H groups in total. The summed E-state index contributed by atoms with van der Waals surface area (Å²) in [7, 11) is 0. The Hall–Kier alpha value is -1.76. The molecule has 1 rings (SSSR count). The Morgan fingerprint density at radius 3 is 1.53 bits per heavy atom. The Morgan fingerprint density at radius 1 is 0.933 bits per heavy atom. The van der Waals surface area contributed by atoms with Gasteiger partial charge >= 0.3 is 11.9 Å². The highest BCUT2D eigenvalue weighted by atomic mass is 32.1. The van der Waals surface area contributed by atoms with Crippen LogP contribution in [0.4, 0.5) is 0 Å². The Balaban J connectivity index is 3.00.